The van der Waals surface area contributed by atoms with Crippen LogP contribution >= 0.6 is 11.3 Å². The van der Waals surface area contributed by atoms with Gasteiger partial charge in [0.15, 0.2) is 10.9 Å². The fourth-order valence-corrected chi connectivity index (χ4v) is 2.15. The Hall–Kier alpha value is -2.15. The predicted octanol–water partition coefficient (Wildman–Crippen LogP) is 1.67. The van der Waals surface area contributed by atoms with Crippen molar-refractivity contribution < 1.29 is 14.0 Å². The zero-order valence-corrected chi connectivity index (χ0v) is 11.1. The van der Waals surface area contributed by atoms with Crippen molar-refractivity contribution in [1.29, 1.82) is 0 Å². The maximum Gasteiger partial charge on any atom is 0.293 e. The molecule has 7 heteroatoms. The molecular formula is C12H13N3O3S. The highest BCUT2D eigenvalue weighted by Crippen LogP contribution is 2.17. The molecule has 0 aliphatic rings. The maximum atomic E-state index is 11.7. The van der Waals surface area contributed by atoms with Gasteiger partial charge in [0.1, 0.15) is 0 Å². The van der Waals surface area contributed by atoms with Crippen molar-refractivity contribution >= 4 is 28.3 Å². The van der Waals surface area contributed by atoms with Gasteiger partial charge in [0.05, 0.1) is 12.0 Å². The summed E-state index contributed by atoms with van der Waals surface area (Å²) in [6, 6.07) is 3.22. The molecule has 0 atom stereocenters. The third-order valence-electron chi connectivity index (χ3n) is 2.40. The van der Waals surface area contributed by atoms with Gasteiger partial charge < -0.3 is 9.73 Å². The highest BCUT2D eigenvalue weighted by molar-refractivity contribution is 7.13. The van der Waals surface area contributed by atoms with Crippen molar-refractivity contribution in [3.05, 3.63) is 35.2 Å². The Morgan fingerprint density at radius 3 is 3.00 bits per heavy atom. The lowest BCUT2D eigenvalue weighted by molar-refractivity contribution is -0.120. The van der Waals surface area contributed by atoms with Crippen LogP contribution < -0.4 is 10.6 Å². The Kier molecular flexibility index (Phi) is 4.30. The smallest absolute Gasteiger partial charge is 0.293 e. The quantitative estimate of drug-likeness (QED) is 0.872. The number of thiazole rings is 1. The molecule has 0 unspecified atom stereocenters. The molecule has 0 fully saturated rings. The van der Waals surface area contributed by atoms with Gasteiger partial charge in [-0.2, -0.15) is 0 Å². The van der Waals surface area contributed by atoms with Crippen molar-refractivity contribution in [3.63, 3.8) is 0 Å². The van der Waals surface area contributed by atoms with Crippen LogP contribution in [0.4, 0.5) is 5.13 Å². The van der Waals surface area contributed by atoms with E-state index in [1.54, 1.807) is 19.2 Å². The molecule has 0 aliphatic heterocycles. The van der Waals surface area contributed by atoms with Crippen LogP contribution in [-0.2, 0) is 11.2 Å². The summed E-state index contributed by atoms with van der Waals surface area (Å²) in [6.07, 6.45) is 2.37. The van der Waals surface area contributed by atoms with E-state index >= 15 is 0 Å². The third-order valence-corrected chi connectivity index (χ3v) is 3.21. The Morgan fingerprint density at radius 1 is 1.47 bits per heavy atom. The second kappa shape index (κ2) is 6.14. The van der Waals surface area contributed by atoms with Gasteiger partial charge in [0, 0.05) is 18.8 Å². The van der Waals surface area contributed by atoms with E-state index in [1.807, 2.05) is 5.38 Å². The summed E-state index contributed by atoms with van der Waals surface area (Å²) in [4.78, 5) is 27.0. The first-order valence-corrected chi connectivity index (χ1v) is 6.57. The fraction of sp³-hybridized carbons (Fsp3) is 0.250. The number of anilines is 1. The number of nitrogens with one attached hydrogen (secondary N) is 2. The SMILES string of the molecule is CNC(=O)CCc1csc(NC(=O)c2ccco2)n1. The second-order valence-corrected chi connectivity index (χ2v) is 4.61. The highest BCUT2D eigenvalue weighted by atomic mass is 32.1. The van der Waals surface area contributed by atoms with E-state index in [4.69, 9.17) is 4.42 Å². The van der Waals surface area contributed by atoms with Crippen molar-refractivity contribution in [2.24, 2.45) is 0 Å². The summed E-state index contributed by atoms with van der Waals surface area (Å²) in [6.45, 7) is 0. The summed E-state index contributed by atoms with van der Waals surface area (Å²) in [7, 11) is 1.60. The Balaban J connectivity index is 1.90. The van der Waals surface area contributed by atoms with Crippen LogP contribution in [0.25, 0.3) is 0 Å². The van der Waals surface area contributed by atoms with Crippen LogP contribution in [0.3, 0.4) is 0 Å². The normalized spacial score (nSPS) is 10.2. The van der Waals surface area contributed by atoms with Crippen molar-refractivity contribution in [2.75, 3.05) is 12.4 Å². The van der Waals surface area contributed by atoms with E-state index in [9.17, 15) is 9.59 Å². The Bertz CT molecular complexity index is 563. The summed E-state index contributed by atoms with van der Waals surface area (Å²) in [5.41, 5.74) is 0.781. The summed E-state index contributed by atoms with van der Waals surface area (Å²) < 4.78 is 4.98. The van der Waals surface area contributed by atoms with Gasteiger partial charge in [-0.1, -0.05) is 0 Å². The number of carbonyl (C=O) groups is 2. The molecule has 2 aromatic heterocycles. The number of furan rings is 1. The molecule has 100 valence electrons. The molecule has 2 amide bonds. The van der Waals surface area contributed by atoms with Crippen molar-refractivity contribution in [3.8, 4) is 0 Å². The number of amides is 2. The number of rotatable bonds is 5. The maximum absolute atomic E-state index is 11.7. The van der Waals surface area contributed by atoms with E-state index in [-0.39, 0.29) is 17.6 Å². The lowest BCUT2D eigenvalue weighted by Crippen LogP contribution is -2.18. The van der Waals surface area contributed by atoms with Crippen molar-refractivity contribution in [2.45, 2.75) is 12.8 Å². The van der Waals surface area contributed by atoms with Crippen LogP contribution in [0.5, 0.6) is 0 Å². The van der Waals surface area contributed by atoms with Gasteiger partial charge in [-0.3, -0.25) is 14.9 Å². The molecule has 19 heavy (non-hydrogen) atoms. The molecule has 0 aliphatic carbocycles. The Morgan fingerprint density at radius 2 is 2.32 bits per heavy atom. The fourth-order valence-electron chi connectivity index (χ4n) is 1.41. The average Bonchev–Trinajstić information content (AvgIpc) is 3.07. The van der Waals surface area contributed by atoms with Gasteiger partial charge in [-0.15, -0.1) is 11.3 Å². The number of carbonyl (C=O) groups excluding carboxylic acids is 2. The van der Waals surface area contributed by atoms with Gasteiger partial charge in [0.25, 0.3) is 5.91 Å². The first kappa shape index (κ1) is 13.3. The number of hydrogen-bond acceptors (Lipinski definition) is 5. The van der Waals surface area contributed by atoms with E-state index in [0.29, 0.717) is 18.0 Å². The highest BCUT2D eigenvalue weighted by Gasteiger charge is 2.11. The molecule has 2 rings (SSSR count). The number of aryl methyl sites for hydroxylation is 1. The molecule has 0 radical (unpaired) electrons. The van der Waals surface area contributed by atoms with Crippen LogP contribution in [-0.4, -0.2) is 23.8 Å². The van der Waals surface area contributed by atoms with Gasteiger partial charge in [0.2, 0.25) is 5.91 Å². The monoisotopic (exact) mass is 279 g/mol. The largest absolute Gasteiger partial charge is 0.459 e. The lowest BCUT2D eigenvalue weighted by atomic mass is 10.2. The molecule has 2 heterocycles. The number of hydrogen-bond donors (Lipinski definition) is 2. The minimum atomic E-state index is -0.336. The summed E-state index contributed by atoms with van der Waals surface area (Å²) in [5.74, 6) is -0.131. The van der Waals surface area contributed by atoms with E-state index in [1.165, 1.54) is 17.6 Å². The molecule has 2 aromatic rings. The summed E-state index contributed by atoms with van der Waals surface area (Å²) >= 11 is 1.32. The second-order valence-electron chi connectivity index (χ2n) is 3.75. The first-order valence-electron chi connectivity index (χ1n) is 5.69. The van der Waals surface area contributed by atoms with E-state index < -0.39 is 0 Å². The lowest BCUT2D eigenvalue weighted by Gasteiger charge is -1.98. The molecular weight excluding hydrogens is 266 g/mol. The van der Waals surface area contributed by atoms with Crippen LogP contribution in [0.1, 0.15) is 22.7 Å². The molecule has 0 bridgehead atoms. The number of nitrogens with zero attached hydrogens (tertiary/aromatic N) is 1. The topological polar surface area (TPSA) is 84.2 Å². The van der Waals surface area contributed by atoms with Crippen LogP contribution in [0.15, 0.2) is 28.2 Å². The minimum Gasteiger partial charge on any atom is -0.459 e. The minimum absolute atomic E-state index is 0.0332. The molecule has 0 spiro atoms. The molecule has 0 aromatic carbocycles. The first-order chi connectivity index (χ1) is 9.19. The number of aromatic nitrogens is 1. The third kappa shape index (κ3) is 3.65. The zero-order chi connectivity index (χ0) is 13.7. The Labute approximate surface area is 113 Å². The molecule has 2 N–H and O–H groups in total. The van der Waals surface area contributed by atoms with Gasteiger partial charge in [-0.25, -0.2) is 4.98 Å². The van der Waals surface area contributed by atoms with Crippen LogP contribution in [0, 0.1) is 0 Å². The average molecular weight is 279 g/mol. The van der Waals surface area contributed by atoms with Gasteiger partial charge in [-0.05, 0) is 18.6 Å². The predicted molar refractivity (Wildman–Crippen MR) is 71.2 cm³/mol. The van der Waals surface area contributed by atoms with Crippen molar-refractivity contribution in [1.82, 2.24) is 10.3 Å². The molecule has 0 saturated carbocycles. The van der Waals surface area contributed by atoms with Crippen LogP contribution in [0.2, 0.25) is 0 Å². The summed E-state index contributed by atoms with van der Waals surface area (Å²) in [5, 5.41) is 7.50. The van der Waals surface area contributed by atoms with E-state index in [0.717, 1.165) is 5.69 Å². The standard InChI is InChI=1S/C12H13N3O3S/c1-13-10(16)5-4-8-7-19-12(14-8)15-11(17)9-3-2-6-18-9/h2-3,6-7H,4-5H2,1H3,(H,13,16)(H,14,15,17). The zero-order valence-electron chi connectivity index (χ0n) is 10.3. The van der Waals surface area contributed by atoms with E-state index in [2.05, 4.69) is 15.6 Å². The molecule has 6 nitrogen and oxygen atoms in total. The van der Waals surface area contributed by atoms with Gasteiger partial charge >= 0.3 is 0 Å². The molecule has 0 saturated heterocycles.